The number of allylic oxidation sites excluding steroid dienone is 1. The second kappa shape index (κ2) is 12.0. The maximum absolute atomic E-state index is 14.2. The number of aromatic nitrogens is 1. The molecule has 0 bridgehead atoms. The van der Waals surface area contributed by atoms with Crippen molar-refractivity contribution >= 4 is 80.2 Å². The van der Waals surface area contributed by atoms with E-state index in [1.54, 1.807) is 6.07 Å². The van der Waals surface area contributed by atoms with Crippen LogP contribution in [-0.2, 0) is 9.53 Å². The Balaban J connectivity index is 2.05. The summed E-state index contributed by atoms with van der Waals surface area (Å²) in [7, 11) is 0. The number of halogens is 6. The lowest BCUT2D eigenvalue weighted by Crippen LogP contribution is -2.41. The Morgan fingerprint density at radius 1 is 1.28 bits per heavy atom. The Morgan fingerprint density at radius 2 is 1.97 bits per heavy atom. The number of hydrogen-bond acceptors (Lipinski definition) is 7. The number of thiazole rings is 1. The molecule has 0 spiro atoms. The SMILES string of the molecule is CCOC(=O)C1=C(C(F)(F)F)N=c2s/c(=C\c3cc(I)cc(I)c3OCC#N)c(=O)n2[C@@H]1c1ccc(Cl)cc1. The predicted octanol–water partition coefficient (Wildman–Crippen LogP) is 5.11. The van der Waals surface area contributed by atoms with Gasteiger partial charge in [0.05, 0.1) is 26.3 Å². The maximum Gasteiger partial charge on any atom is 0.434 e. The molecule has 39 heavy (non-hydrogen) atoms. The Kier molecular flexibility index (Phi) is 9.08. The molecule has 0 fully saturated rings. The predicted molar refractivity (Wildman–Crippen MR) is 155 cm³/mol. The van der Waals surface area contributed by atoms with E-state index in [9.17, 15) is 22.8 Å². The third-order valence-corrected chi connectivity index (χ3v) is 8.04. The van der Waals surface area contributed by atoms with Crippen molar-refractivity contribution in [1.82, 2.24) is 4.57 Å². The Labute approximate surface area is 255 Å². The number of ether oxygens (including phenoxy) is 2. The molecule has 1 aliphatic rings. The van der Waals surface area contributed by atoms with E-state index in [2.05, 4.69) is 27.6 Å². The molecule has 2 aromatic carbocycles. The number of alkyl halides is 3. The van der Waals surface area contributed by atoms with Gasteiger partial charge in [0.2, 0.25) is 0 Å². The van der Waals surface area contributed by atoms with Crippen molar-refractivity contribution in [3.05, 3.63) is 90.6 Å². The number of nitrogens with zero attached hydrogens (tertiary/aromatic N) is 3. The lowest BCUT2D eigenvalue weighted by Gasteiger charge is -2.26. The Morgan fingerprint density at radius 3 is 2.59 bits per heavy atom. The smallest absolute Gasteiger partial charge is 0.434 e. The van der Waals surface area contributed by atoms with Gasteiger partial charge in [-0.2, -0.15) is 18.4 Å². The van der Waals surface area contributed by atoms with E-state index < -0.39 is 35.0 Å². The molecule has 2 heterocycles. The quantitative estimate of drug-likeness (QED) is 0.256. The van der Waals surface area contributed by atoms with Crippen molar-refractivity contribution in [2.75, 3.05) is 13.2 Å². The number of carbonyl (C=O) groups excluding carboxylic acids is 1. The van der Waals surface area contributed by atoms with E-state index >= 15 is 0 Å². The van der Waals surface area contributed by atoms with Crippen LogP contribution in [0, 0.1) is 18.5 Å². The first kappa shape index (κ1) is 29.6. The average Bonchev–Trinajstić information content (AvgIpc) is 3.17. The van der Waals surface area contributed by atoms with E-state index in [1.807, 2.05) is 34.7 Å². The molecule has 1 aliphatic heterocycles. The molecule has 0 saturated carbocycles. The summed E-state index contributed by atoms with van der Waals surface area (Å²) >= 11 is 10.8. The van der Waals surface area contributed by atoms with Crippen LogP contribution in [0.1, 0.15) is 24.1 Å². The molecule has 1 aromatic heterocycles. The number of nitriles is 1. The Hall–Kier alpha value is -2.42. The number of hydrogen-bond donors (Lipinski definition) is 0. The summed E-state index contributed by atoms with van der Waals surface area (Å²) in [6.07, 6.45) is -3.53. The fourth-order valence-corrected chi connectivity index (χ4v) is 7.05. The summed E-state index contributed by atoms with van der Waals surface area (Å²) in [5.41, 5.74) is -2.23. The van der Waals surface area contributed by atoms with Crippen molar-refractivity contribution in [3.63, 3.8) is 0 Å². The van der Waals surface area contributed by atoms with Crippen LogP contribution in [0.25, 0.3) is 6.08 Å². The first-order valence-corrected chi connectivity index (χ1v) is 14.4. The zero-order valence-corrected chi connectivity index (χ0v) is 25.6. The third kappa shape index (κ3) is 6.18. The number of fused-ring (bicyclic) bond motifs is 1. The molecule has 1 atom stereocenters. The summed E-state index contributed by atoms with van der Waals surface area (Å²) < 4.78 is 55.8. The average molecular weight is 800 g/mol. The minimum atomic E-state index is -5.01. The van der Waals surface area contributed by atoms with Gasteiger partial charge in [0.15, 0.2) is 17.1 Å². The van der Waals surface area contributed by atoms with Crippen LogP contribution in [-0.4, -0.2) is 29.9 Å². The minimum Gasteiger partial charge on any atom is -0.477 e. The van der Waals surface area contributed by atoms with Crippen LogP contribution in [0.5, 0.6) is 5.75 Å². The third-order valence-electron chi connectivity index (χ3n) is 5.39. The number of benzene rings is 2. The van der Waals surface area contributed by atoms with E-state index in [4.69, 9.17) is 26.3 Å². The van der Waals surface area contributed by atoms with Gasteiger partial charge in [0, 0.05) is 14.2 Å². The minimum absolute atomic E-state index is 0.0546. The summed E-state index contributed by atoms with van der Waals surface area (Å²) in [4.78, 5) is 30.2. The first-order chi connectivity index (χ1) is 18.5. The normalized spacial score (nSPS) is 15.4. The standard InChI is InChI=1S/C25H15ClF3I2N3O4S/c1-2-37-23(36)18-19(12-3-5-14(26)6-4-12)34-22(35)17(39-24(34)33-21(18)25(27,28)29)10-13-9-15(30)11-16(31)20(13)38-8-7-32/h3-6,9-11,19H,2,8H2,1H3/b17-10-/t19-/m1/s1. The van der Waals surface area contributed by atoms with Gasteiger partial charge in [-0.15, -0.1) is 0 Å². The molecule has 0 unspecified atom stereocenters. The van der Waals surface area contributed by atoms with Gasteiger partial charge in [0.25, 0.3) is 5.56 Å². The summed E-state index contributed by atoms with van der Waals surface area (Å²) in [6.45, 7) is 1.04. The molecule has 0 saturated heterocycles. The molecule has 0 N–H and O–H groups in total. The van der Waals surface area contributed by atoms with Crippen molar-refractivity contribution in [2.24, 2.45) is 4.99 Å². The van der Waals surface area contributed by atoms with Gasteiger partial charge in [-0.3, -0.25) is 9.36 Å². The topological polar surface area (TPSA) is 93.7 Å². The second-order valence-electron chi connectivity index (χ2n) is 7.87. The fourth-order valence-electron chi connectivity index (χ4n) is 3.89. The molecule has 4 rings (SSSR count). The zero-order valence-electron chi connectivity index (χ0n) is 19.7. The molecular weight excluding hydrogens is 785 g/mol. The van der Waals surface area contributed by atoms with Crippen molar-refractivity contribution < 1.29 is 27.4 Å². The summed E-state index contributed by atoms with van der Waals surface area (Å²) in [5, 5.41) is 9.29. The van der Waals surface area contributed by atoms with Gasteiger partial charge < -0.3 is 9.47 Å². The monoisotopic (exact) mass is 799 g/mol. The van der Waals surface area contributed by atoms with E-state index in [1.165, 1.54) is 37.3 Å². The molecule has 3 aromatic rings. The second-order valence-corrected chi connectivity index (χ2v) is 11.7. The molecule has 202 valence electrons. The van der Waals surface area contributed by atoms with Crippen LogP contribution in [0.15, 0.2) is 57.5 Å². The van der Waals surface area contributed by atoms with Crippen molar-refractivity contribution in [2.45, 2.75) is 19.1 Å². The number of esters is 1. The van der Waals surface area contributed by atoms with Crippen molar-refractivity contribution in [1.29, 1.82) is 5.26 Å². The summed E-state index contributed by atoms with van der Waals surface area (Å²) in [6, 6.07) is 9.74. The van der Waals surface area contributed by atoms with Gasteiger partial charge >= 0.3 is 12.1 Å². The highest BCUT2D eigenvalue weighted by Crippen LogP contribution is 2.38. The summed E-state index contributed by atoms with van der Waals surface area (Å²) in [5.74, 6) is -0.886. The van der Waals surface area contributed by atoms with E-state index in [0.717, 1.165) is 19.5 Å². The molecule has 0 amide bonds. The maximum atomic E-state index is 14.2. The van der Waals surface area contributed by atoms with Gasteiger partial charge in [-0.25, -0.2) is 9.79 Å². The first-order valence-electron chi connectivity index (χ1n) is 11.0. The molecule has 14 heteroatoms. The van der Waals surface area contributed by atoms with E-state index in [-0.39, 0.29) is 28.1 Å². The lowest BCUT2D eigenvalue weighted by atomic mass is 9.95. The van der Waals surface area contributed by atoms with Gasteiger partial charge in [-0.05, 0) is 88.0 Å². The molecular formula is C25H15ClF3I2N3O4S. The van der Waals surface area contributed by atoms with Crippen molar-refractivity contribution in [3.8, 4) is 11.8 Å². The molecule has 7 nitrogen and oxygen atoms in total. The Bertz CT molecular complexity index is 1710. The highest BCUT2D eigenvalue weighted by atomic mass is 127. The fraction of sp³-hybridized carbons (Fsp3) is 0.200. The number of carbonyl (C=O) groups is 1. The van der Waals surface area contributed by atoms with Gasteiger partial charge in [-0.1, -0.05) is 35.1 Å². The van der Waals surface area contributed by atoms with Crippen LogP contribution in [0.3, 0.4) is 0 Å². The number of rotatable bonds is 6. The molecule has 0 aliphatic carbocycles. The van der Waals surface area contributed by atoms with E-state index in [0.29, 0.717) is 19.9 Å². The van der Waals surface area contributed by atoms with Crippen LogP contribution in [0.2, 0.25) is 5.02 Å². The zero-order chi connectivity index (χ0) is 28.5. The highest BCUT2D eigenvalue weighted by molar-refractivity contribution is 14.1. The van der Waals surface area contributed by atoms with Crippen LogP contribution in [0.4, 0.5) is 13.2 Å². The van der Waals surface area contributed by atoms with Crippen LogP contribution < -0.4 is 19.6 Å². The van der Waals surface area contributed by atoms with Crippen LogP contribution >= 0.6 is 68.1 Å². The van der Waals surface area contributed by atoms with Gasteiger partial charge in [0.1, 0.15) is 11.8 Å². The molecule has 0 radical (unpaired) electrons. The largest absolute Gasteiger partial charge is 0.477 e. The highest BCUT2D eigenvalue weighted by Gasteiger charge is 2.45. The lowest BCUT2D eigenvalue weighted by molar-refractivity contribution is -0.140.